The second kappa shape index (κ2) is 15.4. The molecule has 278 valence electrons. The number of rotatable bonds is 10. The molecule has 0 saturated heterocycles. The highest BCUT2D eigenvalue weighted by Crippen LogP contribution is 2.40. The van der Waals surface area contributed by atoms with Crippen molar-refractivity contribution in [3.05, 3.63) is 205 Å². The maximum Gasteiger partial charge on any atom is 0.135 e. The first-order valence-corrected chi connectivity index (χ1v) is 20.0. The summed E-state index contributed by atoms with van der Waals surface area (Å²) in [4.78, 5) is 4.63. The number of hydrogen-bond donors (Lipinski definition) is 0. The molecule has 9 rings (SSSR count). The first-order valence-electron chi connectivity index (χ1n) is 20.0. The van der Waals surface area contributed by atoms with Crippen LogP contribution in [-0.2, 0) is 0 Å². The summed E-state index contributed by atoms with van der Waals surface area (Å²) in [6, 6.07) is 69.8. The first kappa shape index (κ1) is 35.8. The van der Waals surface area contributed by atoms with E-state index in [1.165, 1.54) is 11.1 Å². The highest BCUT2D eigenvalue weighted by molar-refractivity contribution is 6.07. The Morgan fingerprint density at radius 3 is 0.947 bits per heavy atom. The summed E-state index contributed by atoms with van der Waals surface area (Å²) >= 11 is 0. The summed E-state index contributed by atoms with van der Waals surface area (Å²) in [6.45, 7) is 8.96. The molecular weight excluding hydrogens is 693 g/mol. The molecule has 0 aliphatic rings. The molecule has 9 aromatic rings. The van der Waals surface area contributed by atoms with Crippen LogP contribution >= 0.6 is 0 Å². The van der Waals surface area contributed by atoms with Gasteiger partial charge in [-0.3, -0.25) is 0 Å². The Labute approximate surface area is 336 Å². The molecule has 57 heavy (non-hydrogen) atoms. The first-order chi connectivity index (χ1) is 27.9. The molecule has 3 nitrogen and oxygen atoms in total. The highest BCUT2D eigenvalue weighted by Gasteiger charge is 2.16. The Kier molecular flexibility index (Phi) is 9.66. The summed E-state index contributed by atoms with van der Waals surface area (Å²) in [6.07, 6.45) is 0. The van der Waals surface area contributed by atoms with Crippen LogP contribution in [0.25, 0.3) is 44.2 Å². The smallest absolute Gasteiger partial charge is 0.135 e. The second-order valence-electron chi connectivity index (χ2n) is 15.5. The minimum atomic E-state index is 0.483. The number of benzene rings is 8. The van der Waals surface area contributed by atoms with Gasteiger partial charge in [0.2, 0.25) is 0 Å². The highest BCUT2D eigenvalue weighted by atomic mass is 16.3. The number of anilines is 6. The lowest BCUT2D eigenvalue weighted by molar-refractivity contribution is 0.669. The van der Waals surface area contributed by atoms with Crippen LogP contribution in [0.1, 0.15) is 50.7 Å². The van der Waals surface area contributed by atoms with E-state index < -0.39 is 0 Å². The molecule has 1 aromatic heterocycles. The largest absolute Gasteiger partial charge is 0.456 e. The van der Waals surface area contributed by atoms with E-state index in [9.17, 15) is 0 Å². The summed E-state index contributed by atoms with van der Waals surface area (Å²) in [5.74, 6) is 0.966. The minimum Gasteiger partial charge on any atom is -0.456 e. The molecular formula is C54H46N2O. The Bertz CT molecular complexity index is 2660. The van der Waals surface area contributed by atoms with Crippen molar-refractivity contribution in [2.75, 3.05) is 9.80 Å². The Balaban J connectivity index is 1.03. The zero-order valence-electron chi connectivity index (χ0n) is 32.9. The van der Waals surface area contributed by atoms with E-state index in [1.807, 2.05) is 0 Å². The molecule has 0 saturated carbocycles. The van der Waals surface area contributed by atoms with Crippen molar-refractivity contribution >= 4 is 56.1 Å². The number of para-hydroxylation sites is 2. The fourth-order valence-corrected chi connectivity index (χ4v) is 7.81. The van der Waals surface area contributed by atoms with Crippen molar-refractivity contribution in [1.29, 1.82) is 0 Å². The van der Waals surface area contributed by atoms with Gasteiger partial charge >= 0.3 is 0 Å². The maximum absolute atomic E-state index is 6.36. The van der Waals surface area contributed by atoms with Gasteiger partial charge in [-0.05, 0) is 142 Å². The van der Waals surface area contributed by atoms with Crippen molar-refractivity contribution in [3.8, 4) is 22.3 Å². The van der Waals surface area contributed by atoms with E-state index in [1.54, 1.807) is 0 Å². The maximum atomic E-state index is 6.36. The zero-order chi connectivity index (χ0) is 38.9. The Morgan fingerprint density at radius 2 is 0.614 bits per heavy atom. The molecule has 0 N–H and O–H groups in total. The molecule has 0 aliphatic heterocycles. The van der Waals surface area contributed by atoms with E-state index in [0.717, 1.165) is 78.3 Å². The van der Waals surface area contributed by atoms with Gasteiger partial charge in [0.25, 0.3) is 0 Å². The quantitative estimate of drug-likeness (QED) is 0.139. The average Bonchev–Trinajstić information content (AvgIpc) is 3.63. The van der Waals surface area contributed by atoms with Crippen molar-refractivity contribution in [3.63, 3.8) is 0 Å². The molecule has 0 unspecified atom stereocenters. The lowest BCUT2D eigenvalue weighted by Gasteiger charge is -2.26. The van der Waals surface area contributed by atoms with Crippen molar-refractivity contribution in [1.82, 2.24) is 0 Å². The normalized spacial score (nSPS) is 11.5. The number of nitrogens with zero attached hydrogens (tertiary/aromatic N) is 2. The second-order valence-corrected chi connectivity index (χ2v) is 15.5. The van der Waals surface area contributed by atoms with E-state index >= 15 is 0 Å². The van der Waals surface area contributed by atoms with Crippen LogP contribution in [0.3, 0.4) is 0 Å². The SMILES string of the molecule is CC(C)c1ccc(N(c2ccc(-c3ccc4oc5ccc(-c6ccc(N(c7ccccc7)c7ccccc7)cc6)cc5c4c3)cc2)c2ccc(C(C)C)cc2)cc1. The van der Waals surface area contributed by atoms with Crippen molar-refractivity contribution < 1.29 is 4.42 Å². The third-order valence-corrected chi connectivity index (χ3v) is 11.1. The van der Waals surface area contributed by atoms with Crippen LogP contribution in [0.15, 0.2) is 199 Å². The average molecular weight is 739 g/mol. The van der Waals surface area contributed by atoms with E-state index in [0.29, 0.717) is 11.8 Å². The topological polar surface area (TPSA) is 19.6 Å². The minimum absolute atomic E-state index is 0.483. The number of hydrogen-bond acceptors (Lipinski definition) is 3. The van der Waals surface area contributed by atoms with Crippen LogP contribution in [0, 0.1) is 0 Å². The van der Waals surface area contributed by atoms with Crippen molar-refractivity contribution in [2.24, 2.45) is 0 Å². The predicted octanol–water partition coefficient (Wildman–Crippen LogP) is 16.1. The van der Waals surface area contributed by atoms with Gasteiger partial charge in [-0.2, -0.15) is 0 Å². The molecule has 0 spiro atoms. The van der Waals surface area contributed by atoms with Gasteiger partial charge in [-0.1, -0.05) is 125 Å². The van der Waals surface area contributed by atoms with Gasteiger partial charge in [-0.15, -0.1) is 0 Å². The number of furan rings is 1. The van der Waals surface area contributed by atoms with Crippen molar-refractivity contribution in [2.45, 2.75) is 39.5 Å². The number of fused-ring (bicyclic) bond motifs is 3. The molecule has 1 heterocycles. The Hall–Kier alpha value is -6.84. The van der Waals surface area contributed by atoms with Gasteiger partial charge in [0.1, 0.15) is 11.2 Å². The molecule has 8 aromatic carbocycles. The van der Waals surface area contributed by atoms with Crippen LogP contribution < -0.4 is 9.80 Å². The summed E-state index contributed by atoms with van der Waals surface area (Å²) in [5, 5.41) is 2.22. The molecule has 0 bridgehead atoms. The zero-order valence-corrected chi connectivity index (χ0v) is 32.9. The molecule has 0 aliphatic carbocycles. The summed E-state index contributed by atoms with van der Waals surface area (Å²) in [7, 11) is 0. The Morgan fingerprint density at radius 1 is 0.316 bits per heavy atom. The lowest BCUT2D eigenvalue weighted by Crippen LogP contribution is -2.10. The predicted molar refractivity (Wildman–Crippen MR) is 242 cm³/mol. The summed E-state index contributed by atoms with van der Waals surface area (Å²) in [5.41, 5.74) is 15.8. The fourth-order valence-electron chi connectivity index (χ4n) is 7.81. The van der Waals surface area contributed by atoms with Gasteiger partial charge in [0.15, 0.2) is 0 Å². The van der Waals surface area contributed by atoms with Crippen LogP contribution in [0.4, 0.5) is 34.1 Å². The van der Waals surface area contributed by atoms with E-state index in [2.05, 4.69) is 232 Å². The van der Waals surface area contributed by atoms with Gasteiger partial charge in [0, 0.05) is 44.9 Å². The molecule has 0 amide bonds. The molecule has 0 fully saturated rings. The van der Waals surface area contributed by atoms with Gasteiger partial charge < -0.3 is 14.2 Å². The lowest BCUT2D eigenvalue weighted by atomic mass is 9.99. The molecule has 0 atom stereocenters. The van der Waals surface area contributed by atoms with Gasteiger partial charge in [0.05, 0.1) is 0 Å². The van der Waals surface area contributed by atoms with Gasteiger partial charge in [-0.25, -0.2) is 0 Å². The summed E-state index contributed by atoms with van der Waals surface area (Å²) < 4.78 is 6.36. The van der Waals surface area contributed by atoms with Crippen LogP contribution in [0.5, 0.6) is 0 Å². The molecule has 0 radical (unpaired) electrons. The third kappa shape index (κ3) is 7.21. The monoisotopic (exact) mass is 738 g/mol. The van der Waals surface area contributed by atoms with E-state index in [4.69, 9.17) is 4.42 Å². The standard InChI is InChI=1S/C54H46N2O/c1-37(2)39-15-25-47(26-16-39)56(48-27-17-40(18-28-48)38(3)4)50-31-21-42(22-32-50)44-24-34-54-52(36-44)51-35-43(23-33-53(51)57-54)41-19-29-49(30-20-41)55(45-11-7-5-8-12-45)46-13-9-6-10-14-46/h5-38H,1-4H3. The van der Waals surface area contributed by atoms with Crippen LogP contribution in [-0.4, -0.2) is 0 Å². The fraction of sp³-hybridized carbons (Fsp3) is 0.111. The van der Waals surface area contributed by atoms with Crippen LogP contribution in [0.2, 0.25) is 0 Å². The van der Waals surface area contributed by atoms with E-state index in [-0.39, 0.29) is 0 Å². The molecule has 3 heteroatoms. The third-order valence-electron chi connectivity index (χ3n) is 11.1.